The summed E-state index contributed by atoms with van der Waals surface area (Å²) in [6.45, 7) is 1.54. The van der Waals surface area contributed by atoms with Crippen molar-refractivity contribution in [1.82, 2.24) is 0 Å². The second kappa shape index (κ2) is 18.0. The maximum Gasteiger partial charge on any atom is 0.236 e. The van der Waals surface area contributed by atoms with Crippen molar-refractivity contribution in [3.63, 3.8) is 0 Å². The first-order chi connectivity index (χ1) is 25.1. The maximum atomic E-state index is 13.4. The Bertz CT molecular complexity index is 1710. The van der Waals surface area contributed by atoms with Gasteiger partial charge in [0.05, 0.1) is 25.0 Å². The van der Waals surface area contributed by atoms with E-state index in [1.807, 2.05) is 170 Å². The van der Waals surface area contributed by atoms with Crippen LogP contribution in [-0.4, -0.2) is 38.2 Å². The van der Waals surface area contributed by atoms with Gasteiger partial charge in [-0.15, -0.1) is 0 Å². The van der Waals surface area contributed by atoms with Gasteiger partial charge in [0.2, 0.25) is 11.8 Å². The summed E-state index contributed by atoms with van der Waals surface area (Å²) in [7, 11) is 0. The number of rotatable bonds is 16. The van der Waals surface area contributed by atoms with E-state index in [0.717, 1.165) is 22.3 Å². The molecule has 0 aliphatic rings. The predicted molar refractivity (Wildman–Crippen MR) is 201 cm³/mol. The summed E-state index contributed by atoms with van der Waals surface area (Å²) in [6.07, 6.45) is 0. The van der Waals surface area contributed by atoms with E-state index in [1.165, 1.54) is 0 Å². The molecule has 0 aliphatic carbocycles. The van der Waals surface area contributed by atoms with Crippen LogP contribution in [0.2, 0.25) is 0 Å². The molecule has 6 aromatic carbocycles. The number of carbonyl (C=O) groups excluding carboxylic acids is 2. The van der Waals surface area contributed by atoms with E-state index in [0.29, 0.717) is 49.3 Å². The molecule has 6 aromatic rings. The third-order valence-electron chi connectivity index (χ3n) is 8.29. The molecule has 0 bridgehead atoms. The Balaban J connectivity index is 0.900. The summed E-state index contributed by atoms with van der Waals surface area (Å²) in [5.74, 6) is 0.318. The molecule has 6 rings (SSSR count). The molecule has 51 heavy (non-hydrogen) atoms. The minimum atomic E-state index is -0.421. The molecule has 0 aromatic heterocycles. The lowest BCUT2D eigenvalue weighted by Gasteiger charge is -2.18. The average molecular weight is 677 g/mol. The van der Waals surface area contributed by atoms with Gasteiger partial charge in [0, 0.05) is 11.4 Å². The molecule has 0 fully saturated rings. The van der Waals surface area contributed by atoms with Crippen LogP contribution in [0.25, 0.3) is 0 Å². The highest BCUT2D eigenvalue weighted by Gasteiger charge is 2.24. The Kier molecular flexibility index (Phi) is 12.2. The molecular formula is C44H40N2O5. The van der Waals surface area contributed by atoms with Gasteiger partial charge in [-0.05, 0) is 70.8 Å². The Morgan fingerprint density at radius 3 is 0.980 bits per heavy atom. The quantitative estimate of drug-likeness (QED) is 0.100. The third kappa shape index (κ3) is 9.94. The standard InChI is InChI=1S/C44H40N2O5/c47-43(41(33-13-5-1-6-14-33)34-15-7-2-8-16-34)45-37-21-25-39(26-22-37)50-31-29-49-30-32-51-40-27-23-38(24-28-40)46-44(48)42(35-17-9-3-10-18-35)36-19-11-4-12-20-36/h1-28,41-42H,29-32H2,(H,45,47)(H,46,48). The number of ether oxygens (including phenoxy) is 3. The lowest BCUT2D eigenvalue weighted by molar-refractivity contribution is -0.117. The van der Waals surface area contributed by atoms with Crippen molar-refractivity contribution in [2.75, 3.05) is 37.1 Å². The monoisotopic (exact) mass is 676 g/mol. The summed E-state index contributed by atoms with van der Waals surface area (Å²) in [4.78, 5) is 26.7. The predicted octanol–water partition coefficient (Wildman–Crippen LogP) is 8.70. The fraction of sp³-hybridized carbons (Fsp3) is 0.136. The molecular weight excluding hydrogens is 636 g/mol. The Morgan fingerprint density at radius 2 is 0.686 bits per heavy atom. The van der Waals surface area contributed by atoms with Crippen LogP contribution in [-0.2, 0) is 14.3 Å². The lowest BCUT2D eigenvalue weighted by atomic mass is 9.90. The van der Waals surface area contributed by atoms with Crippen molar-refractivity contribution in [1.29, 1.82) is 0 Å². The van der Waals surface area contributed by atoms with Gasteiger partial charge in [-0.1, -0.05) is 121 Å². The first kappa shape index (κ1) is 34.7. The van der Waals surface area contributed by atoms with Gasteiger partial charge in [0.25, 0.3) is 0 Å². The van der Waals surface area contributed by atoms with Gasteiger partial charge in [-0.2, -0.15) is 0 Å². The molecule has 0 aliphatic heterocycles. The van der Waals surface area contributed by atoms with Crippen molar-refractivity contribution >= 4 is 23.2 Å². The largest absolute Gasteiger partial charge is 0.491 e. The van der Waals surface area contributed by atoms with E-state index in [9.17, 15) is 9.59 Å². The van der Waals surface area contributed by atoms with Crippen LogP contribution in [0.3, 0.4) is 0 Å². The lowest BCUT2D eigenvalue weighted by Crippen LogP contribution is -2.22. The number of benzene rings is 6. The van der Waals surface area contributed by atoms with Crippen LogP contribution < -0.4 is 20.1 Å². The number of hydrogen-bond donors (Lipinski definition) is 2. The van der Waals surface area contributed by atoms with Crippen LogP contribution in [0.4, 0.5) is 11.4 Å². The second-order valence-electron chi connectivity index (χ2n) is 11.8. The molecule has 7 nitrogen and oxygen atoms in total. The number of hydrogen-bond acceptors (Lipinski definition) is 5. The first-order valence-corrected chi connectivity index (χ1v) is 17.0. The highest BCUT2D eigenvalue weighted by molar-refractivity contribution is 5.99. The van der Waals surface area contributed by atoms with Gasteiger partial charge in [-0.3, -0.25) is 9.59 Å². The normalized spacial score (nSPS) is 10.9. The summed E-state index contributed by atoms with van der Waals surface area (Å²) in [6, 6.07) is 53.7. The van der Waals surface area contributed by atoms with Crippen molar-refractivity contribution in [3.05, 3.63) is 192 Å². The van der Waals surface area contributed by atoms with Crippen LogP contribution >= 0.6 is 0 Å². The number of amides is 2. The summed E-state index contributed by atoms with van der Waals surface area (Å²) < 4.78 is 17.3. The summed E-state index contributed by atoms with van der Waals surface area (Å²) >= 11 is 0. The third-order valence-corrected chi connectivity index (χ3v) is 8.29. The van der Waals surface area contributed by atoms with Gasteiger partial charge in [-0.25, -0.2) is 0 Å². The Hall–Kier alpha value is -6.18. The van der Waals surface area contributed by atoms with E-state index in [-0.39, 0.29) is 11.8 Å². The molecule has 0 radical (unpaired) electrons. The average Bonchev–Trinajstić information content (AvgIpc) is 3.18. The van der Waals surface area contributed by atoms with Crippen molar-refractivity contribution in [2.45, 2.75) is 11.8 Å². The molecule has 0 spiro atoms. The molecule has 0 unspecified atom stereocenters. The van der Waals surface area contributed by atoms with Crippen LogP contribution in [0.1, 0.15) is 34.1 Å². The minimum absolute atomic E-state index is 0.102. The van der Waals surface area contributed by atoms with Gasteiger partial charge >= 0.3 is 0 Å². The zero-order valence-electron chi connectivity index (χ0n) is 28.2. The smallest absolute Gasteiger partial charge is 0.236 e. The van der Waals surface area contributed by atoms with Crippen molar-refractivity contribution in [3.8, 4) is 11.5 Å². The molecule has 256 valence electrons. The molecule has 0 saturated carbocycles. The molecule has 2 amide bonds. The highest BCUT2D eigenvalue weighted by atomic mass is 16.5. The molecule has 0 heterocycles. The summed E-state index contributed by atoms with van der Waals surface area (Å²) in [5, 5.41) is 6.09. The van der Waals surface area contributed by atoms with Gasteiger partial charge in [0.1, 0.15) is 24.7 Å². The van der Waals surface area contributed by atoms with Crippen LogP contribution in [0.5, 0.6) is 11.5 Å². The Labute approximate surface area is 298 Å². The highest BCUT2D eigenvalue weighted by Crippen LogP contribution is 2.28. The second-order valence-corrected chi connectivity index (χ2v) is 11.8. The number of nitrogens with one attached hydrogen (secondary N) is 2. The topological polar surface area (TPSA) is 85.9 Å². The van der Waals surface area contributed by atoms with E-state index >= 15 is 0 Å². The minimum Gasteiger partial charge on any atom is -0.491 e. The Morgan fingerprint density at radius 1 is 0.392 bits per heavy atom. The SMILES string of the molecule is O=C(Nc1ccc(OCCOCCOc2ccc(NC(=O)C(c3ccccc3)c3ccccc3)cc2)cc1)C(c1ccccc1)c1ccccc1. The maximum absolute atomic E-state index is 13.4. The number of carbonyl (C=O) groups is 2. The van der Waals surface area contributed by atoms with Gasteiger partial charge < -0.3 is 24.8 Å². The van der Waals surface area contributed by atoms with E-state index in [1.54, 1.807) is 0 Å². The van der Waals surface area contributed by atoms with Gasteiger partial charge in [0.15, 0.2) is 0 Å². The molecule has 0 atom stereocenters. The fourth-order valence-corrected chi connectivity index (χ4v) is 5.81. The molecule has 7 heteroatoms. The molecule has 0 saturated heterocycles. The number of anilines is 2. The fourth-order valence-electron chi connectivity index (χ4n) is 5.81. The first-order valence-electron chi connectivity index (χ1n) is 17.0. The van der Waals surface area contributed by atoms with Crippen molar-refractivity contribution < 1.29 is 23.8 Å². The van der Waals surface area contributed by atoms with Crippen molar-refractivity contribution in [2.24, 2.45) is 0 Å². The zero-order valence-corrected chi connectivity index (χ0v) is 28.2. The van der Waals surface area contributed by atoms with E-state index in [2.05, 4.69) is 10.6 Å². The summed E-state index contributed by atoms with van der Waals surface area (Å²) in [5.41, 5.74) is 5.11. The zero-order chi connectivity index (χ0) is 35.1. The molecule has 2 N–H and O–H groups in total. The van der Waals surface area contributed by atoms with Crippen LogP contribution in [0.15, 0.2) is 170 Å². The van der Waals surface area contributed by atoms with E-state index in [4.69, 9.17) is 14.2 Å². The van der Waals surface area contributed by atoms with E-state index < -0.39 is 11.8 Å². The van der Waals surface area contributed by atoms with Crippen LogP contribution in [0, 0.1) is 0 Å².